The second-order valence-electron chi connectivity index (χ2n) is 10.1. The van der Waals surface area contributed by atoms with Gasteiger partial charge < -0.3 is 29.2 Å². The van der Waals surface area contributed by atoms with Gasteiger partial charge in [0.2, 0.25) is 5.88 Å². The summed E-state index contributed by atoms with van der Waals surface area (Å²) < 4.78 is 46.9. The summed E-state index contributed by atoms with van der Waals surface area (Å²) in [7, 11) is -1.86. The van der Waals surface area contributed by atoms with Gasteiger partial charge in [-0.25, -0.2) is 24.4 Å². The number of aryl methyl sites for hydroxylation is 1. The lowest BCUT2D eigenvalue weighted by Crippen LogP contribution is -2.40. The highest BCUT2D eigenvalue weighted by Gasteiger charge is 2.46. The van der Waals surface area contributed by atoms with Crippen molar-refractivity contribution < 1.29 is 52.4 Å². The highest BCUT2D eigenvalue weighted by molar-refractivity contribution is 7.51. The highest BCUT2D eigenvalue weighted by Crippen LogP contribution is 2.46. The van der Waals surface area contributed by atoms with E-state index in [4.69, 9.17) is 23.3 Å². The Hall–Kier alpha value is -2.72. The maximum absolute atomic E-state index is 13.7. The molecule has 3 N–H and O–H groups in total. The second-order valence-corrected chi connectivity index (χ2v) is 11.9. The Morgan fingerprint density at radius 2 is 1.85 bits per heavy atom. The lowest BCUT2D eigenvalue weighted by atomic mass is 10.0. The molecule has 16 nitrogen and oxygen atoms in total. The van der Waals surface area contributed by atoms with E-state index < -0.39 is 69.6 Å². The molecule has 0 bridgehead atoms. The van der Waals surface area contributed by atoms with Crippen molar-refractivity contribution in [1.29, 1.82) is 0 Å². The van der Waals surface area contributed by atoms with Gasteiger partial charge in [0.15, 0.2) is 24.0 Å². The number of rotatable bonds is 14. The Kier molecular flexibility index (Phi) is 11.2. The smallest absolute Gasteiger partial charge is 0.406 e. The molecular formula is C24H38N5O11P. The molecule has 6 atom stereocenters. The number of fused-ring (bicyclic) bond motifs is 1. The van der Waals surface area contributed by atoms with E-state index in [9.17, 15) is 24.4 Å². The van der Waals surface area contributed by atoms with Crippen molar-refractivity contribution in [2.45, 2.75) is 77.7 Å². The molecule has 2 unspecified atom stereocenters. The highest BCUT2D eigenvalue weighted by atomic mass is 31.2. The van der Waals surface area contributed by atoms with Crippen LogP contribution >= 0.6 is 7.75 Å². The summed E-state index contributed by atoms with van der Waals surface area (Å²) >= 11 is 0. The third-order valence-electron chi connectivity index (χ3n) is 5.95. The number of aliphatic hydroxyl groups excluding tert-OH is 2. The van der Waals surface area contributed by atoms with Gasteiger partial charge in [-0.2, -0.15) is 4.98 Å². The number of ether oxygens (including phenoxy) is 4. The zero-order valence-electron chi connectivity index (χ0n) is 24.0. The van der Waals surface area contributed by atoms with Crippen LogP contribution in [0.5, 0.6) is 5.88 Å². The van der Waals surface area contributed by atoms with Crippen LogP contribution in [0.3, 0.4) is 0 Å². The number of aromatic nitrogens is 4. The lowest BCUT2D eigenvalue weighted by Gasteiger charge is -2.26. The van der Waals surface area contributed by atoms with Gasteiger partial charge in [0, 0.05) is 0 Å². The lowest BCUT2D eigenvalue weighted by molar-refractivity contribution is -0.150. The van der Waals surface area contributed by atoms with Crippen LogP contribution in [0.2, 0.25) is 0 Å². The van der Waals surface area contributed by atoms with Crippen molar-refractivity contribution >= 4 is 30.8 Å². The number of carbonyl (C=O) groups excluding carboxylic acids is 2. The fraction of sp³-hybridized carbons (Fsp3) is 0.708. The first kappa shape index (κ1) is 32.8. The summed E-state index contributed by atoms with van der Waals surface area (Å²) in [6.45, 7) is 7.38. The van der Waals surface area contributed by atoms with Gasteiger partial charge in [-0.05, 0) is 33.1 Å². The molecule has 1 aliphatic rings. The molecule has 3 rings (SSSR count). The van der Waals surface area contributed by atoms with Crippen LogP contribution in [0.25, 0.3) is 11.2 Å². The minimum atomic E-state index is -4.41. The molecular weight excluding hydrogens is 565 g/mol. The number of hydrogen-bond acceptors (Lipinski definition) is 14. The van der Waals surface area contributed by atoms with Crippen molar-refractivity contribution in [3.8, 4) is 5.88 Å². The first-order valence-corrected chi connectivity index (χ1v) is 14.5. The van der Waals surface area contributed by atoms with Gasteiger partial charge in [-0.1, -0.05) is 13.8 Å². The summed E-state index contributed by atoms with van der Waals surface area (Å²) in [5.74, 6) is -0.945. The number of nitrogens with zero attached hydrogens (tertiary/aromatic N) is 4. The SMILES string of the molecule is COC(=O)COP(=O)(N[C@@H](CC(C)C)C(=O)OC(C)C)OC[C@H]1O[C@@H](n2cnc3c(OC)nc(C)nc32)C(O)[C@H]1O. The number of hydrogen-bond donors (Lipinski definition) is 3. The predicted molar refractivity (Wildman–Crippen MR) is 142 cm³/mol. The summed E-state index contributed by atoms with van der Waals surface area (Å²) in [6.07, 6.45) is -4.19. The van der Waals surface area contributed by atoms with E-state index >= 15 is 0 Å². The molecule has 3 heterocycles. The molecule has 0 saturated carbocycles. The summed E-state index contributed by atoms with van der Waals surface area (Å²) in [4.78, 5) is 37.2. The van der Waals surface area contributed by atoms with Crippen LogP contribution < -0.4 is 9.82 Å². The quantitative estimate of drug-likeness (QED) is 0.204. The standard InChI is InChI=1S/C24H38N5O11P/c1-12(2)8-15(24(33)39-13(3)4)28-41(34,38-10-17(30)35-6)37-9-16-19(31)20(32)23(40-16)29-11-25-18-21(29)26-14(5)27-22(18)36-7/h11-13,15-16,19-20,23,31-32H,8-10H2,1-7H3,(H,28,34)/t15-,16+,19-,20?,23+,41?/m0/s1. The minimum absolute atomic E-state index is 0.0202. The van der Waals surface area contributed by atoms with Crippen LogP contribution in [-0.2, 0) is 37.4 Å². The number of carbonyl (C=O) groups is 2. The number of imidazole rings is 1. The predicted octanol–water partition coefficient (Wildman–Crippen LogP) is 1.03. The molecule has 0 aromatic carbocycles. The molecule has 1 fully saturated rings. The van der Waals surface area contributed by atoms with Gasteiger partial charge >= 0.3 is 19.7 Å². The zero-order valence-corrected chi connectivity index (χ0v) is 24.9. The van der Waals surface area contributed by atoms with Gasteiger partial charge in [0.25, 0.3) is 0 Å². The Bertz CT molecular complexity index is 1260. The summed E-state index contributed by atoms with van der Waals surface area (Å²) in [5, 5.41) is 24.1. The molecule has 1 aliphatic heterocycles. The number of aliphatic hydroxyl groups is 2. The number of esters is 2. The first-order valence-electron chi connectivity index (χ1n) is 13.0. The number of methoxy groups -OCH3 is 2. The largest absolute Gasteiger partial charge is 0.479 e. The van der Waals surface area contributed by atoms with E-state index in [1.165, 1.54) is 18.0 Å². The van der Waals surface area contributed by atoms with Gasteiger partial charge in [-0.3, -0.25) is 18.4 Å². The maximum Gasteiger partial charge on any atom is 0.406 e. The van der Waals surface area contributed by atoms with E-state index in [2.05, 4.69) is 24.8 Å². The molecule has 2 aromatic rings. The van der Waals surface area contributed by atoms with E-state index in [0.29, 0.717) is 17.0 Å². The molecule has 1 saturated heterocycles. The van der Waals surface area contributed by atoms with Crippen molar-refractivity contribution in [1.82, 2.24) is 24.6 Å². The van der Waals surface area contributed by atoms with Crippen LogP contribution in [0.4, 0.5) is 0 Å². The van der Waals surface area contributed by atoms with Crippen LogP contribution in [0, 0.1) is 12.8 Å². The maximum atomic E-state index is 13.7. The van der Waals surface area contributed by atoms with E-state index in [1.807, 2.05) is 13.8 Å². The van der Waals surface area contributed by atoms with Crippen LogP contribution in [0.1, 0.15) is 46.2 Å². The topological polar surface area (TPSA) is 203 Å². The Balaban J connectivity index is 1.81. The average molecular weight is 604 g/mol. The molecule has 41 heavy (non-hydrogen) atoms. The normalized spacial score (nSPS) is 23.1. The fourth-order valence-corrected chi connectivity index (χ4v) is 5.51. The minimum Gasteiger partial charge on any atom is -0.479 e. The molecule has 230 valence electrons. The van der Waals surface area contributed by atoms with Gasteiger partial charge in [0.05, 0.1) is 33.3 Å². The molecule has 0 amide bonds. The van der Waals surface area contributed by atoms with E-state index in [1.54, 1.807) is 20.8 Å². The van der Waals surface area contributed by atoms with E-state index in [0.717, 1.165) is 7.11 Å². The van der Waals surface area contributed by atoms with Crippen molar-refractivity contribution in [3.05, 3.63) is 12.2 Å². The molecule has 0 spiro atoms. The monoisotopic (exact) mass is 603 g/mol. The Labute approximate surface area is 237 Å². The third kappa shape index (κ3) is 8.19. The van der Waals surface area contributed by atoms with Crippen LogP contribution in [-0.4, -0.2) is 99.6 Å². The van der Waals surface area contributed by atoms with Gasteiger partial charge in [-0.15, -0.1) is 0 Å². The molecule has 17 heteroatoms. The third-order valence-corrected chi connectivity index (χ3v) is 7.54. The average Bonchev–Trinajstić information content (AvgIpc) is 3.44. The van der Waals surface area contributed by atoms with Crippen LogP contribution in [0.15, 0.2) is 6.33 Å². The van der Waals surface area contributed by atoms with Crippen molar-refractivity contribution in [2.24, 2.45) is 5.92 Å². The molecule has 0 radical (unpaired) electrons. The molecule has 2 aromatic heterocycles. The second kappa shape index (κ2) is 14.0. The zero-order chi connectivity index (χ0) is 30.5. The van der Waals surface area contributed by atoms with Crippen molar-refractivity contribution in [3.63, 3.8) is 0 Å². The molecule has 0 aliphatic carbocycles. The summed E-state index contributed by atoms with van der Waals surface area (Å²) in [6, 6.07) is -1.11. The Morgan fingerprint density at radius 3 is 2.46 bits per heavy atom. The number of nitrogens with one attached hydrogen (secondary N) is 1. The fourth-order valence-electron chi connectivity index (χ4n) is 4.08. The summed E-state index contributed by atoms with van der Waals surface area (Å²) in [5.41, 5.74) is 0.610. The van der Waals surface area contributed by atoms with Crippen molar-refractivity contribution in [2.75, 3.05) is 27.4 Å². The Morgan fingerprint density at radius 1 is 1.15 bits per heavy atom. The van der Waals surface area contributed by atoms with E-state index in [-0.39, 0.29) is 18.2 Å². The first-order chi connectivity index (χ1) is 19.3. The van der Waals surface area contributed by atoms with Gasteiger partial charge in [0.1, 0.15) is 30.2 Å².